The zero-order chi connectivity index (χ0) is 25.8. The Bertz CT molecular complexity index is 1110. The van der Waals surface area contributed by atoms with E-state index in [2.05, 4.69) is 55.5 Å². The molecule has 0 atom stereocenters. The number of rotatable bonds is 14. The van der Waals surface area contributed by atoms with E-state index in [-0.39, 0.29) is 19.2 Å². The van der Waals surface area contributed by atoms with Gasteiger partial charge in [-0.3, -0.25) is 4.79 Å². The number of benzene rings is 3. The van der Waals surface area contributed by atoms with Gasteiger partial charge in [-0.2, -0.15) is 0 Å². The van der Waals surface area contributed by atoms with Gasteiger partial charge in [-0.15, -0.1) is 0 Å². The molecule has 0 unspecified atom stereocenters. The molecule has 0 aromatic heterocycles. The molecular formula is C30H36O6. The molecule has 192 valence electrons. The van der Waals surface area contributed by atoms with Crippen molar-refractivity contribution < 1.29 is 28.8 Å². The van der Waals surface area contributed by atoms with E-state index in [0.717, 1.165) is 39.3 Å². The van der Waals surface area contributed by atoms with Crippen molar-refractivity contribution in [2.24, 2.45) is 0 Å². The summed E-state index contributed by atoms with van der Waals surface area (Å²) < 4.78 is 22.4. The highest BCUT2D eigenvalue weighted by Gasteiger charge is 2.13. The molecule has 3 aromatic carbocycles. The molecule has 0 radical (unpaired) electrons. The average Bonchev–Trinajstić information content (AvgIpc) is 2.87. The number of aliphatic hydroxyl groups excluding tert-OH is 1. The standard InChI is InChI=1S/C30H36O6/c1-4-34-30-21-25(24-9-7-22(2)8-10-24)11-13-28(30)26-12-14-29(36-19-18-33-17-15-31)27(20-26)6-5-16-35-23(3)32/h7-14,20-21,31H,4-6,15-19H2,1-3H3. The fourth-order valence-electron chi connectivity index (χ4n) is 3.90. The predicted molar refractivity (Wildman–Crippen MR) is 142 cm³/mol. The van der Waals surface area contributed by atoms with Crippen LogP contribution in [0.25, 0.3) is 22.3 Å². The van der Waals surface area contributed by atoms with Crippen LogP contribution in [0.2, 0.25) is 0 Å². The Labute approximate surface area is 213 Å². The van der Waals surface area contributed by atoms with Gasteiger partial charge in [0, 0.05) is 12.5 Å². The van der Waals surface area contributed by atoms with Crippen LogP contribution in [0.1, 0.15) is 31.4 Å². The van der Waals surface area contributed by atoms with Crippen LogP contribution in [-0.2, 0) is 20.7 Å². The summed E-state index contributed by atoms with van der Waals surface area (Å²) in [5.41, 5.74) is 6.53. The van der Waals surface area contributed by atoms with E-state index in [1.165, 1.54) is 12.5 Å². The van der Waals surface area contributed by atoms with E-state index in [1.54, 1.807) is 0 Å². The summed E-state index contributed by atoms with van der Waals surface area (Å²) >= 11 is 0. The van der Waals surface area contributed by atoms with Crippen molar-refractivity contribution in [2.45, 2.75) is 33.6 Å². The second-order valence-corrected chi connectivity index (χ2v) is 8.46. The molecule has 6 heteroatoms. The van der Waals surface area contributed by atoms with Crippen LogP contribution < -0.4 is 9.47 Å². The molecular weight excluding hydrogens is 456 g/mol. The molecule has 3 rings (SSSR count). The first-order valence-electron chi connectivity index (χ1n) is 12.4. The minimum atomic E-state index is -0.281. The van der Waals surface area contributed by atoms with Crippen LogP contribution in [0.15, 0.2) is 60.7 Å². The van der Waals surface area contributed by atoms with E-state index in [4.69, 9.17) is 24.1 Å². The lowest BCUT2D eigenvalue weighted by Crippen LogP contribution is -2.10. The molecule has 0 bridgehead atoms. The second kappa shape index (κ2) is 14.3. The zero-order valence-electron chi connectivity index (χ0n) is 21.4. The lowest BCUT2D eigenvalue weighted by Gasteiger charge is -2.16. The van der Waals surface area contributed by atoms with E-state index in [0.29, 0.717) is 39.3 Å². The van der Waals surface area contributed by atoms with Crippen molar-refractivity contribution in [1.82, 2.24) is 0 Å². The third-order valence-electron chi connectivity index (χ3n) is 5.65. The van der Waals surface area contributed by atoms with Crippen LogP contribution in [0.5, 0.6) is 11.5 Å². The van der Waals surface area contributed by atoms with Crippen molar-refractivity contribution in [3.63, 3.8) is 0 Å². The minimum Gasteiger partial charge on any atom is -0.493 e. The molecule has 0 amide bonds. The van der Waals surface area contributed by atoms with Gasteiger partial charge in [-0.05, 0) is 67.1 Å². The Morgan fingerprint density at radius 1 is 0.806 bits per heavy atom. The highest BCUT2D eigenvalue weighted by Crippen LogP contribution is 2.36. The van der Waals surface area contributed by atoms with Gasteiger partial charge in [-0.25, -0.2) is 0 Å². The number of esters is 1. The predicted octanol–water partition coefficient (Wildman–Crippen LogP) is 5.61. The Morgan fingerprint density at radius 2 is 1.56 bits per heavy atom. The van der Waals surface area contributed by atoms with Crippen molar-refractivity contribution in [3.8, 4) is 33.8 Å². The number of aliphatic hydroxyl groups is 1. The van der Waals surface area contributed by atoms with Crippen molar-refractivity contribution in [1.29, 1.82) is 0 Å². The third kappa shape index (κ3) is 8.11. The summed E-state index contributed by atoms with van der Waals surface area (Å²) in [6.07, 6.45) is 1.38. The maximum atomic E-state index is 11.1. The first-order chi connectivity index (χ1) is 17.5. The quantitative estimate of drug-likeness (QED) is 0.233. The number of hydrogen-bond donors (Lipinski definition) is 1. The van der Waals surface area contributed by atoms with Crippen molar-refractivity contribution in [3.05, 3.63) is 71.8 Å². The van der Waals surface area contributed by atoms with Crippen LogP contribution >= 0.6 is 0 Å². The van der Waals surface area contributed by atoms with Gasteiger partial charge in [0.2, 0.25) is 0 Å². The summed E-state index contributed by atoms with van der Waals surface area (Å²) in [5, 5.41) is 8.87. The van der Waals surface area contributed by atoms with Gasteiger partial charge in [0.25, 0.3) is 0 Å². The molecule has 0 aliphatic carbocycles. The van der Waals surface area contributed by atoms with Crippen LogP contribution in [0.4, 0.5) is 0 Å². The van der Waals surface area contributed by atoms with Crippen LogP contribution in [0, 0.1) is 6.92 Å². The molecule has 3 aromatic rings. The minimum absolute atomic E-state index is 0.0129. The molecule has 0 aliphatic rings. The van der Waals surface area contributed by atoms with Crippen LogP contribution in [0.3, 0.4) is 0 Å². The largest absolute Gasteiger partial charge is 0.493 e. The summed E-state index contributed by atoms with van der Waals surface area (Å²) in [5.74, 6) is 1.31. The lowest BCUT2D eigenvalue weighted by atomic mass is 9.96. The molecule has 36 heavy (non-hydrogen) atoms. The van der Waals surface area contributed by atoms with Gasteiger partial charge in [-0.1, -0.05) is 48.0 Å². The first-order valence-corrected chi connectivity index (χ1v) is 12.4. The fraction of sp³-hybridized carbons (Fsp3) is 0.367. The highest BCUT2D eigenvalue weighted by molar-refractivity contribution is 5.77. The maximum Gasteiger partial charge on any atom is 0.302 e. The summed E-state index contributed by atoms with van der Waals surface area (Å²) in [7, 11) is 0. The Balaban J connectivity index is 1.87. The van der Waals surface area contributed by atoms with Gasteiger partial charge in [0.05, 0.1) is 33.0 Å². The fourth-order valence-corrected chi connectivity index (χ4v) is 3.90. The molecule has 0 spiro atoms. The van der Waals surface area contributed by atoms with E-state index in [9.17, 15) is 4.79 Å². The molecule has 0 fully saturated rings. The normalized spacial score (nSPS) is 10.8. The van der Waals surface area contributed by atoms with Gasteiger partial charge < -0.3 is 24.1 Å². The van der Waals surface area contributed by atoms with Crippen LogP contribution in [-0.4, -0.2) is 50.7 Å². The van der Waals surface area contributed by atoms with E-state index >= 15 is 0 Å². The Morgan fingerprint density at radius 3 is 2.28 bits per heavy atom. The Hall–Kier alpha value is -3.35. The second-order valence-electron chi connectivity index (χ2n) is 8.46. The van der Waals surface area contributed by atoms with Gasteiger partial charge >= 0.3 is 5.97 Å². The number of ether oxygens (including phenoxy) is 4. The number of hydrogen-bond acceptors (Lipinski definition) is 6. The molecule has 0 saturated heterocycles. The molecule has 0 aliphatic heterocycles. The molecule has 6 nitrogen and oxygen atoms in total. The molecule has 1 N–H and O–H groups in total. The average molecular weight is 493 g/mol. The number of carbonyl (C=O) groups is 1. The van der Waals surface area contributed by atoms with Crippen molar-refractivity contribution in [2.75, 3.05) is 39.6 Å². The highest BCUT2D eigenvalue weighted by atomic mass is 16.5. The summed E-state index contributed by atoms with van der Waals surface area (Å²) in [6.45, 7) is 7.45. The van der Waals surface area contributed by atoms with E-state index < -0.39 is 0 Å². The number of carbonyl (C=O) groups excluding carboxylic acids is 1. The van der Waals surface area contributed by atoms with Crippen molar-refractivity contribution >= 4 is 5.97 Å². The van der Waals surface area contributed by atoms with Gasteiger partial charge in [0.15, 0.2) is 0 Å². The topological polar surface area (TPSA) is 74.2 Å². The third-order valence-corrected chi connectivity index (χ3v) is 5.65. The first kappa shape index (κ1) is 27.2. The SMILES string of the molecule is CCOc1cc(-c2ccc(C)cc2)ccc1-c1ccc(OCCOCCO)c(CCCOC(C)=O)c1. The lowest BCUT2D eigenvalue weighted by molar-refractivity contribution is -0.141. The summed E-state index contributed by atoms with van der Waals surface area (Å²) in [4.78, 5) is 11.1. The zero-order valence-corrected chi connectivity index (χ0v) is 21.4. The monoisotopic (exact) mass is 492 g/mol. The smallest absolute Gasteiger partial charge is 0.302 e. The Kier molecular flexibility index (Phi) is 10.8. The maximum absolute atomic E-state index is 11.1. The van der Waals surface area contributed by atoms with Gasteiger partial charge in [0.1, 0.15) is 18.1 Å². The summed E-state index contributed by atoms with van der Waals surface area (Å²) in [6, 6.07) is 20.9. The number of aryl methyl sites for hydroxylation is 2. The molecule has 0 saturated carbocycles. The molecule has 0 heterocycles. The van der Waals surface area contributed by atoms with E-state index in [1.807, 2.05) is 19.1 Å².